The zero-order chi connectivity index (χ0) is 19.8. The molecule has 0 radical (unpaired) electrons. The Hall–Kier alpha value is -0.940. The van der Waals surface area contributed by atoms with Crippen LogP contribution in [0.25, 0.3) is 0 Å². The highest BCUT2D eigenvalue weighted by molar-refractivity contribution is 14.0. The van der Waals surface area contributed by atoms with Gasteiger partial charge in [-0.05, 0) is 26.7 Å². The summed E-state index contributed by atoms with van der Waals surface area (Å²) in [7, 11) is 0. The van der Waals surface area contributed by atoms with Crippen molar-refractivity contribution in [3.05, 3.63) is 16.1 Å². The fourth-order valence-electron chi connectivity index (χ4n) is 3.56. The van der Waals surface area contributed by atoms with E-state index in [1.807, 2.05) is 6.20 Å². The molecule has 0 spiro atoms. The molecule has 9 heteroatoms. The van der Waals surface area contributed by atoms with Crippen LogP contribution < -0.4 is 10.6 Å². The van der Waals surface area contributed by atoms with E-state index < -0.39 is 0 Å². The second kappa shape index (κ2) is 12.7. The largest absolute Gasteiger partial charge is 0.357 e. The van der Waals surface area contributed by atoms with E-state index in [1.54, 1.807) is 11.3 Å². The molecule has 0 atom stereocenters. The third-order valence-corrected chi connectivity index (χ3v) is 6.44. The Balaban J connectivity index is 0.00000300. The average molecular weight is 535 g/mol. The fourth-order valence-corrected chi connectivity index (χ4v) is 4.34. The molecule has 0 unspecified atom stereocenters. The van der Waals surface area contributed by atoms with Crippen molar-refractivity contribution >= 4 is 47.2 Å². The number of hydrogen-bond donors (Lipinski definition) is 2. The number of thiazole rings is 1. The molecule has 164 valence electrons. The summed E-state index contributed by atoms with van der Waals surface area (Å²) in [4.78, 5) is 27.2. The first-order chi connectivity index (χ1) is 13.7. The maximum Gasteiger partial charge on any atom is 0.225 e. The molecule has 1 aliphatic heterocycles. The lowest BCUT2D eigenvalue weighted by Gasteiger charge is -2.38. The van der Waals surface area contributed by atoms with Crippen molar-refractivity contribution in [3.63, 3.8) is 0 Å². The Morgan fingerprint density at radius 2 is 2.03 bits per heavy atom. The molecule has 2 fully saturated rings. The molecule has 0 aromatic carbocycles. The lowest BCUT2D eigenvalue weighted by molar-refractivity contribution is -0.139. The van der Waals surface area contributed by atoms with Gasteiger partial charge >= 0.3 is 0 Å². The monoisotopic (exact) mass is 534 g/mol. The Labute approximate surface area is 195 Å². The Bertz CT molecular complexity index is 655. The number of aliphatic imine (C=N–C) groups is 1. The van der Waals surface area contributed by atoms with Crippen LogP contribution in [0.15, 0.2) is 11.2 Å². The molecule has 0 bridgehead atoms. The van der Waals surface area contributed by atoms with E-state index in [-0.39, 0.29) is 24.0 Å². The average Bonchev–Trinajstić information content (AvgIpc) is 3.06. The number of nitrogens with zero attached hydrogens (tertiary/aromatic N) is 4. The number of halogens is 1. The van der Waals surface area contributed by atoms with E-state index in [4.69, 9.17) is 4.99 Å². The minimum absolute atomic E-state index is 0. The summed E-state index contributed by atoms with van der Waals surface area (Å²) in [5.41, 5.74) is 0. The summed E-state index contributed by atoms with van der Waals surface area (Å²) in [5.74, 6) is 1.57. The summed E-state index contributed by atoms with van der Waals surface area (Å²) in [6, 6.07) is 0. The number of aromatic nitrogens is 1. The van der Waals surface area contributed by atoms with E-state index in [0.29, 0.717) is 11.8 Å². The van der Waals surface area contributed by atoms with E-state index in [0.717, 1.165) is 82.6 Å². The molecule has 1 aromatic heterocycles. The molecular weight excluding hydrogens is 499 g/mol. The second-order valence-corrected chi connectivity index (χ2v) is 8.92. The van der Waals surface area contributed by atoms with Crippen LogP contribution in [0, 0.1) is 12.8 Å². The number of carbonyl (C=O) groups excluding carboxylic acids is 1. The van der Waals surface area contributed by atoms with Crippen molar-refractivity contribution in [1.82, 2.24) is 25.4 Å². The number of nitrogens with one attached hydrogen (secondary N) is 2. The van der Waals surface area contributed by atoms with Crippen LogP contribution >= 0.6 is 35.3 Å². The first-order valence-electron chi connectivity index (χ1n) is 10.6. The standard InChI is InChI=1S/C20H34N6OS.HI/c1-3-21-20(22-8-7-18-24-15-16(2)28-18)23-9-10-25-11-13-26(14-12-25)19(27)17-5-4-6-17;/h15,17H,3-14H2,1-2H3,(H2,21,22,23);1H. The van der Waals surface area contributed by atoms with Gasteiger partial charge in [-0.1, -0.05) is 6.42 Å². The molecule has 2 aliphatic rings. The zero-order valence-electron chi connectivity index (χ0n) is 17.7. The van der Waals surface area contributed by atoms with Crippen molar-refractivity contribution in [2.75, 3.05) is 52.4 Å². The minimum atomic E-state index is 0. The van der Waals surface area contributed by atoms with Crippen LogP contribution in [0.2, 0.25) is 0 Å². The van der Waals surface area contributed by atoms with Crippen LogP contribution in [0.1, 0.15) is 36.1 Å². The summed E-state index contributed by atoms with van der Waals surface area (Å²) in [5, 5.41) is 7.87. The molecule has 1 saturated heterocycles. The minimum Gasteiger partial charge on any atom is -0.357 e. The van der Waals surface area contributed by atoms with Crippen LogP contribution in [-0.4, -0.2) is 79.0 Å². The summed E-state index contributed by atoms with van der Waals surface area (Å²) in [6.45, 7) is 11.2. The molecule has 1 amide bonds. The van der Waals surface area contributed by atoms with Crippen molar-refractivity contribution in [1.29, 1.82) is 0 Å². The molecule has 7 nitrogen and oxygen atoms in total. The van der Waals surface area contributed by atoms with Crippen LogP contribution in [0.4, 0.5) is 0 Å². The van der Waals surface area contributed by atoms with Gasteiger partial charge in [-0.3, -0.25) is 14.7 Å². The fraction of sp³-hybridized carbons (Fsp3) is 0.750. The molecule has 3 rings (SSSR count). The van der Waals surface area contributed by atoms with E-state index in [9.17, 15) is 4.79 Å². The highest BCUT2D eigenvalue weighted by atomic mass is 127. The van der Waals surface area contributed by atoms with Gasteiger partial charge in [0.2, 0.25) is 5.91 Å². The van der Waals surface area contributed by atoms with Crippen molar-refractivity contribution < 1.29 is 4.79 Å². The smallest absolute Gasteiger partial charge is 0.225 e. The zero-order valence-corrected chi connectivity index (χ0v) is 20.8. The Morgan fingerprint density at radius 1 is 1.28 bits per heavy atom. The van der Waals surface area contributed by atoms with Crippen LogP contribution in [0.5, 0.6) is 0 Å². The Morgan fingerprint density at radius 3 is 2.62 bits per heavy atom. The normalized spacial score (nSPS) is 18.1. The molecule has 1 aromatic rings. The molecule has 29 heavy (non-hydrogen) atoms. The van der Waals surface area contributed by atoms with Gasteiger partial charge in [-0.2, -0.15) is 0 Å². The highest BCUT2D eigenvalue weighted by Gasteiger charge is 2.30. The van der Waals surface area contributed by atoms with Crippen molar-refractivity contribution in [2.24, 2.45) is 10.9 Å². The number of carbonyl (C=O) groups is 1. The number of guanidine groups is 1. The number of rotatable bonds is 8. The maximum absolute atomic E-state index is 12.3. The van der Waals surface area contributed by atoms with Gasteiger partial charge in [0.25, 0.3) is 0 Å². The van der Waals surface area contributed by atoms with Gasteiger partial charge in [0.05, 0.1) is 11.6 Å². The summed E-state index contributed by atoms with van der Waals surface area (Å²) in [6.07, 6.45) is 6.25. The highest BCUT2D eigenvalue weighted by Crippen LogP contribution is 2.28. The number of aryl methyl sites for hydroxylation is 1. The van der Waals surface area contributed by atoms with Crippen molar-refractivity contribution in [2.45, 2.75) is 39.5 Å². The number of piperazine rings is 1. The molecular formula is C20H35IN6OS. The molecule has 2 heterocycles. The van der Waals surface area contributed by atoms with E-state index in [1.165, 1.54) is 11.3 Å². The lowest BCUT2D eigenvalue weighted by atomic mass is 9.84. The molecule has 1 aliphatic carbocycles. The van der Waals surface area contributed by atoms with Gasteiger partial charge in [-0.15, -0.1) is 35.3 Å². The quantitative estimate of drug-likeness (QED) is 0.304. The second-order valence-electron chi connectivity index (χ2n) is 7.60. The maximum atomic E-state index is 12.3. The molecule has 1 saturated carbocycles. The topological polar surface area (TPSA) is 72.9 Å². The van der Waals surface area contributed by atoms with Crippen LogP contribution in [0.3, 0.4) is 0 Å². The third-order valence-electron chi connectivity index (χ3n) is 5.47. The van der Waals surface area contributed by atoms with Crippen molar-refractivity contribution in [3.8, 4) is 0 Å². The molecule has 2 N–H and O–H groups in total. The first kappa shape index (κ1) is 24.3. The van der Waals surface area contributed by atoms with Crippen LogP contribution in [-0.2, 0) is 11.2 Å². The van der Waals surface area contributed by atoms with E-state index >= 15 is 0 Å². The summed E-state index contributed by atoms with van der Waals surface area (Å²) >= 11 is 1.75. The van der Waals surface area contributed by atoms with Gasteiger partial charge in [0.1, 0.15) is 0 Å². The predicted octanol–water partition coefficient (Wildman–Crippen LogP) is 2.11. The Kier molecular flexibility index (Phi) is 10.6. The number of hydrogen-bond acceptors (Lipinski definition) is 5. The lowest BCUT2D eigenvalue weighted by Crippen LogP contribution is -2.51. The van der Waals surface area contributed by atoms with Gasteiger partial charge in [0.15, 0.2) is 5.96 Å². The van der Waals surface area contributed by atoms with Gasteiger partial charge in [0, 0.05) is 69.2 Å². The van der Waals surface area contributed by atoms with Gasteiger partial charge in [-0.25, -0.2) is 4.98 Å². The van der Waals surface area contributed by atoms with Gasteiger partial charge < -0.3 is 15.5 Å². The number of amides is 1. The SMILES string of the molecule is CCNC(=NCCN1CCN(C(=O)C2CCC2)CC1)NCCc1ncc(C)s1.I. The first-order valence-corrected chi connectivity index (χ1v) is 11.4. The third kappa shape index (κ3) is 7.67. The predicted molar refractivity (Wildman–Crippen MR) is 130 cm³/mol. The van der Waals surface area contributed by atoms with E-state index in [2.05, 4.69) is 39.3 Å². The summed E-state index contributed by atoms with van der Waals surface area (Å²) < 4.78 is 0.